The van der Waals surface area contributed by atoms with Crippen LogP contribution in [0.25, 0.3) is 0 Å². The molecule has 1 atom stereocenters. The first kappa shape index (κ1) is 14.8. The summed E-state index contributed by atoms with van der Waals surface area (Å²) in [6, 6.07) is 12.4. The maximum Gasteiger partial charge on any atom is 0.0562 e. The molecule has 106 valence electrons. The van der Waals surface area contributed by atoms with Crippen LogP contribution in [0.3, 0.4) is 0 Å². The summed E-state index contributed by atoms with van der Waals surface area (Å²) in [5, 5.41) is 3.89. The zero-order valence-electron chi connectivity index (χ0n) is 12.1. The highest BCUT2D eigenvalue weighted by Crippen LogP contribution is 2.26. The van der Waals surface area contributed by atoms with Crippen molar-refractivity contribution in [2.45, 2.75) is 19.5 Å². The third-order valence-electron chi connectivity index (χ3n) is 3.48. The molecule has 3 nitrogen and oxygen atoms in total. The van der Waals surface area contributed by atoms with Gasteiger partial charge in [0.15, 0.2) is 0 Å². The lowest BCUT2D eigenvalue weighted by molar-refractivity contribution is 0.734. The van der Waals surface area contributed by atoms with E-state index in [1.165, 1.54) is 5.56 Å². The summed E-state index contributed by atoms with van der Waals surface area (Å²) in [4.78, 5) is 6.58. The Kier molecular flexibility index (Phi) is 4.99. The number of nitrogens with one attached hydrogen (secondary N) is 1. The number of halogens is 1. The summed E-state index contributed by atoms with van der Waals surface area (Å²) in [5.41, 5.74) is 3.39. The molecule has 2 rings (SSSR count). The molecule has 0 radical (unpaired) electrons. The van der Waals surface area contributed by atoms with E-state index >= 15 is 0 Å². The van der Waals surface area contributed by atoms with Crippen molar-refractivity contribution in [1.29, 1.82) is 0 Å². The molecule has 0 amide bonds. The molecular formula is C16H20ClN3. The second kappa shape index (κ2) is 6.73. The van der Waals surface area contributed by atoms with Crippen LogP contribution in [0.1, 0.15) is 24.2 Å². The van der Waals surface area contributed by atoms with Crippen molar-refractivity contribution in [1.82, 2.24) is 10.3 Å². The molecule has 0 saturated heterocycles. The predicted octanol–water partition coefficient (Wildman–Crippen LogP) is 3.65. The topological polar surface area (TPSA) is 28.2 Å². The molecule has 0 aliphatic carbocycles. The van der Waals surface area contributed by atoms with E-state index in [-0.39, 0.29) is 6.04 Å². The highest BCUT2D eigenvalue weighted by molar-refractivity contribution is 6.30. The molecular weight excluding hydrogens is 270 g/mol. The number of nitrogens with zero attached hydrogens (tertiary/aromatic N) is 2. The minimum atomic E-state index is 0.249. The van der Waals surface area contributed by atoms with E-state index in [9.17, 15) is 0 Å². The average molecular weight is 290 g/mol. The molecule has 0 fully saturated rings. The van der Waals surface area contributed by atoms with E-state index in [1.54, 1.807) is 0 Å². The molecule has 0 aliphatic rings. The van der Waals surface area contributed by atoms with Crippen LogP contribution in [0.15, 0.2) is 42.6 Å². The Bertz CT molecular complexity index is 571. The van der Waals surface area contributed by atoms with Crippen molar-refractivity contribution in [2.75, 3.05) is 19.0 Å². The smallest absolute Gasteiger partial charge is 0.0562 e. The second-order valence-corrected chi connectivity index (χ2v) is 5.31. The summed E-state index contributed by atoms with van der Waals surface area (Å²) >= 11 is 6.07. The summed E-state index contributed by atoms with van der Waals surface area (Å²) in [7, 11) is 4.01. The van der Waals surface area contributed by atoms with Gasteiger partial charge in [-0.15, -0.1) is 0 Å². The number of pyridine rings is 1. The van der Waals surface area contributed by atoms with Gasteiger partial charge in [-0.1, -0.05) is 23.7 Å². The standard InChI is InChI=1S/C16H20ClN3/c1-12(13-5-4-6-14(17)9-13)20(3)16-7-8-19-15(10-16)11-18-2/h4-10,12,18H,11H2,1-3H3. The van der Waals surface area contributed by atoms with Gasteiger partial charge >= 0.3 is 0 Å². The molecule has 1 aromatic carbocycles. The van der Waals surface area contributed by atoms with Gasteiger partial charge in [-0.2, -0.15) is 0 Å². The lowest BCUT2D eigenvalue weighted by Gasteiger charge is -2.27. The van der Waals surface area contributed by atoms with Crippen LogP contribution >= 0.6 is 11.6 Å². The van der Waals surface area contributed by atoms with Crippen LogP contribution in [0.2, 0.25) is 5.02 Å². The van der Waals surface area contributed by atoms with E-state index in [2.05, 4.69) is 41.3 Å². The zero-order valence-corrected chi connectivity index (χ0v) is 12.9. The number of hydrogen-bond donors (Lipinski definition) is 1. The summed E-state index contributed by atoms with van der Waals surface area (Å²) in [6.45, 7) is 2.94. The Labute approximate surface area is 125 Å². The van der Waals surface area contributed by atoms with Crippen LogP contribution in [0.5, 0.6) is 0 Å². The minimum absolute atomic E-state index is 0.249. The monoisotopic (exact) mass is 289 g/mol. The van der Waals surface area contributed by atoms with Crippen LogP contribution in [-0.2, 0) is 6.54 Å². The van der Waals surface area contributed by atoms with Crippen molar-refractivity contribution >= 4 is 17.3 Å². The van der Waals surface area contributed by atoms with Crippen LogP contribution < -0.4 is 10.2 Å². The Hall–Kier alpha value is -1.58. The molecule has 2 aromatic rings. The van der Waals surface area contributed by atoms with Gasteiger partial charge in [-0.25, -0.2) is 0 Å². The fourth-order valence-corrected chi connectivity index (χ4v) is 2.38. The minimum Gasteiger partial charge on any atom is -0.368 e. The first-order valence-electron chi connectivity index (χ1n) is 6.69. The van der Waals surface area contributed by atoms with E-state index in [0.717, 1.165) is 22.9 Å². The molecule has 0 aliphatic heterocycles. The van der Waals surface area contributed by atoms with Crippen LogP contribution in [0.4, 0.5) is 5.69 Å². The number of rotatable bonds is 5. The van der Waals surface area contributed by atoms with Crippen molar-refractivity contribution < 1.29 is 0 Å². The molecule has 4 heteroatoms. The Morgan fingerprint density at radius 1 is 1.30 bits per heavy atom. The summed E-state index contributed by atoms with van der Waals surface area (Å²) in [5.74, 6) is 0. The predicted molar refractivity (Wildman–Crippen MR) is 85.3 cm³/mol. The Morgan fingerprint density at radius 2 is 2.10 bits per heavy atom. The molecule has 1 aromatic heterocycles. The fourth-order valence-electron chi connectivity index (χ4n) is 2.18. The maximum atomic E-state index is 6.07. The van der Waals surface area contributed by atoms with Crippen molar-refractivity contribution in [3.63, 3.8) is 0 Å². The first-order valence-corrected chi connectivity index (χ1v) is 7.07. The molecule has 1 N–H and O–H groups in total. The van der Waals surface area contributed by atoms with E-state index in [4.69, 9.17) is 11.6 Å². The van der Waals surface area contributed by atoms with Crippen molar-refractivity contribution in [3.05, 3.63) is 58.9 Å². The fraction of sp³-hybridized carbons (Fsp3) is 0.312. The summed E-state index contributed by atoms with van der Waals surface area (Å²) in [6.07, 6.45) is 1.85. The lowest BCUT2D eigenvalue weighted by atomic mass is 10.1. The lowest BCUT2D eigenvalue weighted by Crippen LogP contribution is -2.22. The van der Waals surface area contributed by atoms with Crippen molar-refractivity contribution in [2.24, 2.45) is 0 Å². The third kappa shape index (κ3) is 3.50. The number of aromatic nitrogens is 1. The van der Waals surface area contributed by atoms with Gasteiger partial charge < -0.3 is 10.2 Å². The van der Waals surface area contributed by atoms with Gasteiger partial charge in [0.25, 0.3) is 0 Å². The van der Waals surface area contributed by atoms with Gasteiger partial charge in [0.2, 0.25) is 0 Å². The molecule has 1 heterocycles. The van der Waals surface area contributed by atoms with Gasteiger partial charge in [0.05, 0.1) is 11.7 Å². The van der Waals surface area contributed by atoms with Gasteiger partial charge in [-0.05, 0) is 43.8 Å². The van der Waals surface area contributed by atoms with Gasteiger partial charge in [0, 0.05) is 30.5 Å². The summed E-state index contributed by atoms with van der Waals surface area (Å²) < 4.78 is 0. The van der Waals surface area contributed by atoms with Crippen LogP contribution in [-0.4, -0.2) is 19.1 Å². The highest BCUT2D eigenvalue weighted by Gasteiger charge is 2.13. The van der Waals surface area contributed by atoms with Crippen LogP contribution in [0, 0.1) is 0 Å². The van der Waals surface area contributed by atoms with Gasteiger partial charge in [-0.3, -0.25) is 4.98 Å². The first-order chi connectivity index (χ1) is 9.61. The molecule has 0 saturated carbocycles. The largest absolute Gasteiger partial charge is 0.368 e. The molecule has 0 bridgehead atoms. The number of benzene rings is 1. The SMILES string of the molecule is CNCc1cc(N(C)C(C)c2cccc(Cl)c2)ccn1. The normalized spacial score (nSPS) is 12.2. The van der Waals surface area contributed by atoms with Crippen molar-refractivity contribution in [3.8, 4) is 0 Å². The van der Waals surface area contributed by atoms with E-state index in [1.807, 2.05) is 37.5 Å². The quantitative estimate of drug-likeness (QED) is 0.911. The Morgan fingerprint density at radius 3 is 2.80 bits per heavy atom. The molecule has 1 unspecified atom stereocenters. The Balaban J connectivity index is 2.21. The molecule has 20 heavy (non-hydrogen) atoms. The maximum absolute atomic E-state index is 6.07. The number of hydrogen-bond acceptors (Lipinski definition) is 3. The van der Waals surface area contributed by atoms with Gasteiger partial charge in [0.1, 0.15) is 0 Å². The second-order valence-electron chi connectivity index (χ2n) is 4.88. The zero-order chi connectivity index (χ0) is 14.5. The number of anilines is 1. The van der Waals surface area contributed by atoms with E-state index in [0.29, 0.717) is 0 Å². The highest BCUT2D eigenvalue weighted by atomic mass is 35.5. The third-order valence-corrected chi connectivity index (χ3v) is 3.71. The molecule has 0 spiro atoms. The average Bonchev–Trinajstić information content (AvgIpc) is 2.46. The van der Waals surface area contributed by atoms with E-state index < -0.39 is 0 Å².